The van der Waals surface area contributed by atoms with Gasteiger partial charge in [-0.05, 0) is 64.0 Å². The zero-order chi connectivity index (χ0) is 11.2. The van der Waals surface area contributed by atoms with Gasteiger partial charge in [-0.15, -0.1) is 0 Å². The van der Waals surface area contributed by atoms with Gasteiger partial charge in [0.2, 0.25) is 5.91 Å². The van der Waals surface area contributed by atoms with Gasteiger partial charge in [0.05, 0.1) is 0 Å². The van der Waals surface area contributed by atoms with E-state index in [9.17, 15) is 4.79 Å². The zero-order valence-corrected chi connectivity index (χ0v) is 10.1. The number of rotatable bonds is 2. The third-order valence-corrected chi connectivity index (χ3v) is 4.75. The van der Waals surface area contributed by atoms with Crippen LogP contribution in [0.4, 0.5) is 0 Å². The molecule has 2 N–H and O–H groups in total. The Balaban J connectivity index is 1.55. The highest BCUT2D eigenvalue weighted by molar-refractivity contribution is 5.80. The molecule has 1 saturated heterocycles. The topological polar surface area (TPSA) is 41.1 Å². The van der Waals surface area contributed by atoms with Gasteiger partial charge in [0.25, 0.3) is 0 Å². The molecule has 1 heterocycles. The first-order valence-electron chi connectivity index (χ1n) is 6.69. The summed E-state index contributed by atoms with van der Waals surface area (Å²) in [5.41, 5.74) is 0.0507. The number of amides is 1. The second-order valence-electron chi connectivity index (χ2n) is 6.22. The minimum atomic E-state index is 0.0507. The van der Waals surface area contributed by atoms with Crippen molar-refractivity contribution in [3.8, 4) is 0 Å². The van der Waals surface area contributed by atoms with Gasteiger partial charge in [0.15, 0.2) is 0 Å². The van der Waals surface area contributed by atoms with Crippen molar-refractivity contribution >= 4 is 5.91 Å². The van der Waals surface area contributed by atoms with Crippen molar-refractivity contribution in [2.45, 2.75) is 44.6 Å². The Bertz CT molecular complexity index is 286. The van der Waals surface area contributed by atoms with E-state index in [1.807, 2.05) is 0 Å². The summed E-state index contributed by atoms with van der Waals surface area (Å²) in [6.07, 6.45) is 5.84. The maximum absolute atomic E-state index is 12.2. The van der Waals surface area contributed by atoms with Crippen molar-refractivity contribution in [3.63, 3.8) is 0 Å². The summed E-state index contributed by atoms with van der Waals surface area (Å²) in [4.78, 5) is 12.2. The van der Waals surface area contributed by atoms with Gasteiger partial charge in [0.1, 0.15) is 0 Å². The number of nitrogens with one attached hydrogen (secondary N) is 2. The average molecular weight is 222 g/mol. The molecular weight excluding hydrogens is 200 g/mol. The minimum absolute atomic E-state index is 0.0507. The van der Waals surface area contributed by atoms with Gasteiger partial charge in [-0.1, -0.05) is 0 Å². The fraction of sp³-hybridized carbons (Fsp3) is 0.923. The molecule has 0 aromatic heterocycles. The lowest BCUT2D eigenvalue weighted by Crippen LogP contribution is -2.53. The molecule has 16 heavy (non-hydrogen) atoms. The van der Waals surface area contributed by atoms with Crippen LogP contribution in [0.5, 0.6) is 0 Å². The molecule has 0 radical (unpaired) electrons. The fourth-order valence-electron chi connectivity index (χ4n) is 3.43. The van der Waals surface area contributed by atoms with Crippen molar-refractivity contribution in [1.82, 2.24) is 10.6 Å². The third-order valence-electron chi connectivity index (χ3n) is 4.75. The van der Waals surface area contributed by atoms with E-state index in [1.165, 1.54) is 6.42 Å². The Labute approximate surface area is 97.4 Å². The third kappa shape index (κ3) is 1.97. The fourth-order valence-corrected chi connectivity index (χ4v) is 3.43. The first-order valence-corrected chi connectivity index (χ1v) is 6.69. The van der Waals surface area contributed by atoms with Gasteiger partial charge < -0.3 is 10.6 Å². The summed E-state index contributed by atoms with van der Waals surface area (Å²) in [5.74, 6) is 2.46. The molecule has 2 saturated carbocycles. The van der Waals surface area contributed by atoms with Crippen LogP contribution in [0.25, 0.3) is 0 Å². The lowest BCUT2D eigenvalue weighted by molar-refractivity contribution is -0.127. The van der Waals surface area contributed by atoms with Gasteiger partial charge in [-0.25, -0.2) is 0 Å². The Kier molecular flexibility index (Phi) is 2.46. The van der Waals surface area contributed by atoms with E-state index in [-0.39, 0.29) is 5.54 Å². The second-order valence-corrected chi connectivity index (χ2v) is 6.22. The van der Waals surface area contributed by atoms with Crippen LogP contribution in [-0.2, 0) is 4.79 Å². The predicted octanol–water partition coefficient (Wildman–Crippen LogP) is 1.29. The molecule has 3 fully saturated rings. The van der Waals surface area contributed by atoms with Gasteiger partial charge >= 0.3 is 0 Å². The largest absolute Gasteiger partial charge is 0.351 e. The van der Waals surface area contributed by atoms with Crippen LogP contribution < -0.4 is 10.6 Å². The zero-order valence-electron chi connectivity index (χ0n) is 10.1. The van der Waals surface area contributed by atoms with E-state index in [4.69, 9.17) is 0 Å². The summed E-state index contributed by atoms with van der Waals surface area (Å²) in [6.45, 7) is 4.26. The summed E-state index contributed by atoms with van der Waals surface area (Å²) >= 11 is 0. The lowest BCUT2D eigenvalue weighted by Gasteiger charge is -2.36. The van der Waals surface area contributed by atoms with Crippen LogP contribution in [0.3, 0.4) is 0 Å². The average Bonchev–Trinajstić information content (AvgIpc) is 2.86. The van der Waals surface area contributed by atoms with Crippen LogP contribution in [0.2, 0.25) is 0 Å². The SMILES string of the molecule is CC1(NC(=O)C2CC3CC3C2)CCNCC1. The second kappa shape index (κ2) is 3.73. The van der Waals surface area contributed by atoms with E-state index in [0.717, 1.165) is 50.6 Å². The Morgan fingerprint density at radius 3 is 2.44 bits per heavy atom. The summed E-state index contributed by atoms with van der Waals surface area (Å²) in [6, 6.07) is 0. The Morgan fingerprint density at radius 2 is 1.81 bits per heavy atom. The van der Waals surface area contributed by atoms with E-state index < -0.39 is 0 Å². The van der Waals surface area contributed by atoms with Crippen molar-refractivity contribution < 1.29 is 4.79 Å². The van der Waals surface area contributed by atoms with E-state index in [2.05, 4.69) is 17.6 Å². The van der Waals surface area contributed by atoms with Gasteiger partial charge in [0, 0.05) is 11.5 Å². The monoisotopic (exact) mass is 222 g/mol. The molecule has 3 rings (SSSR count). The number of hydrogen-bond acceptors (Lipinski definition) is 2. The molecule has 0 bridgehead atoms. The molecule has 3 nitrogen and oxygen atoms in total. The van der Waals surface area contributed by atoms with E-state index >= 15 is 0 Å². The minimum Gasteiger partial charge on any atom is -0.351 e. The van der Waals surface area contributed by atoms with Crippen LogP contribution >= 0.6 is 0 Å². The highest BCUT2D eigenvalue weighted by Gasteiger charge is 2.48. The first kappa shape index (κ1) is 10.6. The first-order chi connectivity index (χ1) is 7.66. The number of hydrogen-bond donors (Lipinski definition) is 2. The number of carbonyl (C=O) groups is 1. The van der Waals surface area contributed by atoms with Crippen LogP contribution in [0.15, 0.2) is 0 Å². The van der Waals surface area contributed by atoms with Crippen molar-refractivity contribution in [2.24, 2.45) is 17.8 Å². The van der Waals surface area contributed by atoms with Crippen molar-refractivity contribution in [1.29, 1.82) is 0 Å². The molecule has 1 amide bonds. The highest BCUT2D eigenvalue weighted by Crippen LogP contribution is 2.54. The van der Waals surface area contributed by atoms with Gasteiger partial charge in [-0.3, -0.25) is 4.79 Å². The molecular formula is C13H22N2O. The molecule has 2 unspecified atom stereocenters. The van der Waals surface area contributed by atoms with Crippen molar-refractivity contribution in [2.75, 3.05) is 13.1 Å². The maximum atomic E-state index is 12.2. The molecule has 2 atom stereocenters. The van der Waals surface area contributed by atoms with Gasteiger partial charge in [-0.2, -0.15) is 0 Å². The molecule has 2 aliphatic carbocycles. The summed E-state index contributed by atoms with van der Waals surface area (Å²) in [7, 11) is 0. The molecule has 0 spiro atoms. The predicted molar refractivity (Wildman–Crippen MR) is 63.0 cm³/mol. The Hall–Kier alpha value is -0.570. The molecule has 3 aliphatic rings. The van der Waals surface area contributed by atoms with Crippen LogP contribution in [-0.4, -0.2) is 24.5 Å². The van der Waals surface area contributed by atoms with Crippen molar-refractivity contribution in [3.05, 3.63) is 0 Å². The number of piperidine rings is 1. The molecule has 0 aromatic rings. The van der Waals surface area contributed by atoms with Crippen LogP contribution in [0, 0.1) is 17.8 Å². The standard InChI is InChI=1S/C13H22N2O/c1-13(2-4-14-5-3-13)15-12(16)11-7-9-6-10(9)8-11/h9-11,14H,2-8H2,1H3,(H,15,16). The number of fused-ring (bicyclic) bond motifs is 1. The van der Waals surface area contributed by atoms with E-state index in [0.29, 0.717) is 11.8 Å². The highest BCUT2D eigenvalue weighted by atomic mass is 16.2. The smallest absolute Gasteiger partial charge is 0.223 e. The maximum Gasteiger partial charge on any atom is 0.223 e. The quantitative estimate of drug-likeness (QED) is 0.739. The Morgan fingerprint density at radius 1 is 1.19 bits per heavy atom. The molecule has 3 heteroatoms. The van der Waals surface area contributed by atoms with E-state index in [1.54, 1.807) is 0 Å². The normalized spacial score (nSPS) is 40.2. The lowest BCUT2D eigenvalue weighted by atomic mass is 9.89. The van der Waals surface area contributed by atoms with Crippen LogP contribution in [0.1, 0.15) is 39.0 Å². The number of carbonyl (C=O) groups excluding carboxylic acids is 1. The summed E-state index contributed by atoms with van der Waals surface area (Å²) < 4.78 is 0. The molecule has 90 valence electrons. The molecule has 0 aromatic carbocycles. The summed E-state index contributed by atoms with van der Waals surface area (Å²) in [5, 5.41) is 6.64. The molecule has 1 aliphatic heterocycles.